The van der Waals surface area contributed by atoms with Crippen molar-refractivity contribution in [1.82, 2.24) is 0 Å². The SMILES string of the molecule is Cc1c(Cl)ccc(SSc2ccc(Cl)c(C)c2C)c1C. The van der Waals surface area contributed by atoms with Gasteiger partial charge in [0.1, 0.15) is 0 Å². The van der Waals surface area contributed by atoms with Gasteiger partial charge in [0.05, 0.1) is 0 Å². The second-order valence-electron chi connectivity index (χ2n) is 4.76. The summed E-state index contributed by atoms with van der Waals surface area (Å²) in [4.78, 5) is 2.51. The van der Waals surface area contributed by atoms with Crippen LogP contribution in [-0.2, 0) is 0 Å². The normalized spacial score (nSPS) is 10.9. The second kappa shape index (κ2) is 6.65. The van der Waals surface area contributed by atoms with E-state index in [1.807, 2.05) is 12.1 Å². The van der Waals surface area contributed by atoms with Gasteiger partial charge in [-0.15, -0.1) is 0 Å². The molecule has 0 saturated carbocycles. The van der Waals surface area contributed by atoms with Crippen LogP contribution in [0.4, 0.5) is 0 Å². The Balaban J connectivity index is 2.22. The molecule has 0 atom stereocenters. The highest BCUT2D eigenvalue weighted by atomic mass is 35.5. The molecule has 0 aliphatic rings. The van der Waals surface area contributed by atoms with Crippen molar-refractivity contribution in [2.75, 3.05) is 0 Å². The van der Waals surface area contributed by atoms with Crippen LogP contribution in [0.2, 0.25) is 10.0 Å². The smallest absolute Gasteiger partial charge is 0.0438 e. The Morgan fingerprint density at radius 1 is 0.600 bits per heavy atom. The zero-order valence-electron chi connectivity index (χ0n) is 11.9. The second-order valence-corrected chi connectivity index (χ2v) is 7.79. The van der Waals surface area contributed by atoms with Crippen LogP contribution in [0, 0.1) is 27.7 Å². The molecule has 0 heterocycles. The van der Waals surface area contributed by atoms with Gasteiger partial charge in [-0.3, -0.25) is 0 Å². The predicted octanol–water partition coefficient (Wildman–Crippen LogP) is 7.03. The first-order chi connectivity index (χ1) is 9.41. The molecule has 0 saturated heterocycles. The number of halogens is 2. The molecule has 0 aliphatic heterocycles. The van der Waals surface area contributed by atoms with E-state index in [9.17, 15) is 0 Å². The van der Waals surface area contributed by atoms with Gasteiger partial charge in [-0.2, -0.15) is 0 Å². The van der Waals surface area contributed by atoms with Gasteiger partial charge in [-0.25, -0.2) is 0 Å². The van der Waals surface area contributed by atoms with Gasteiger partial charge in [0.25, 0.3) is 0 Å². The number of hydrogen-bond donors (Lipinski definition) is 0. The molecular formula is C16H16Cl2S2. The fourth-order valence-corrected chi connectivity index (χ4v) is 4.81. The van der Waals surface area contributed by atoms with Crippen molar-refractivity contribution in [2.45, 2.75) is 37.5 Å². The molecule has 2 aromatic carbocycles. The molecule has 106 valence electrons. The van der Waals surface area contributed by atoms with Crippen molar-refractivity contribution in [1.29, 1.82) is 0 Å². The number of benzene rings is 2. The monoisotopic (exact) mass is 342 g/mol. The molecule has 0 amide bonds. The lowest BCUT2D eigenvalue weighted by atomic mass is 10.1. The summed E-state index contributed by atoms with van der Waals surface area (Å²) in [6.07, 6.45) is 0. The Morgan fingerprint density at radius 2 is 0.950 bits per heavy atom. The number of hydrogen-bond acceptors (Lipinski definition) is 2. The van der Waals surface area contributed by atoms with Crippen LogP contribution in [0.15, 0.2) is 34.1 Å². The van der Waals surface area contributed by atoms with Gasteiger partial charge in [-0.05, 0) is 74.2 Å². The number of rotatable bonds is 3. The van der Waals surface area contributed by atoms with Gasteiger partial charge in [0.2, 0.25) is 0 Å². The summed E-state index contributed by atoms with van der Waals surface area (Å²) < 4.78 is 0. The Bertz CT molecular complexity index is 594. The van der Waals surface area contributed by atoms with Gasteiger partial charge < -0.3 is 0 Å². The predicted molar refractivity (Wildman–Crippen MR) is 93.6 cm³/mol. The van der Waals surface area contributed by atoms with Gasteiger partial charge in [0, 0.05) is 19.8 Å². The van der Waals surface area contributed by atoms with Crippen molar-refractivity contribution in [3.63, 3.8) is 0 Å². The van der Waals surface area contributed by atoms with Crippen molar-refractivity contribution in [3.05, 3.63) is 56.6 Å². The summed E-state index contributed by atoms with van der Waals surface area (Å²) in [5.41, 5.74) is 4.80. The van der Waals surface area contributed by atoms with Crippen LogP contribution in [0.25, 0.3) is 0 Å². The summed E-state index contributed by atoms with van der Waals surface area (Å²) in [5, 5.41) is 1.66. The van der Waals surface area contributed by atoms with Gasteiger partial charge in [-0.1, -0.05) is 44.8 Å². The zero-order valence-corrected chi connectivity index (χ0v) is 15.0. The van der Waals surface area contributed by atoms with Crippen LogP contribution in [-0.4, -0.2) is 0 Å². The van der Waals surface area contributed by atoms with Crippen molar-refractivity contribution in [3.8, 4) is 0 Å². The molecule has 0 aliphatic carbocycles. The van der Waals surface area contributed by atoms with E-state index in [1.165, 1.54) is 20.9 Å². The Morgan fingerprint density at radius 3 is 1.30 bits per heavy atom. The van der Waals surface area contributed by atoms with Crippen molar-refractivity contribution in [2.24, 2.45) is 0 Å². The lowest BCUT2D eigenvalue weighted by Crippen LogP contribution is -1.87. The van der Waals surface area contributed by atoms with E-state index in [-0.39, 0.29) is 0 Å². The highest BCUT2D eigenvalue weighted by molar-refractivity contribution is 8.76. The lowest BCUT2D eigenvalue weighted by Gasteiger charge is -2.12. The highest BCUT2D eigenvalue weighted by Crippen LogP contribution is 2.42. The topological polar surface area (TPSA) is 0 Å². The summed E-state index contributed by atoms with van der Waals surface area (Å²) in [7, 11) is 3.53. The van der Waals surface area contributed by atoms with E-state index in [0.717, 1.165) is 21.2 Å². The first kappa shape index (κ1) is 16.1. The molecule has 0 N–H and O–H groups in total. The minimum absolute atomic E-state index is 0.829. The molecule has 0 unspecified atom stereocenters. The average Bonchev–Trinajstić information content (AvgIpc) is 2.43. The van der Waals surface area contributed by atoms with E-state index in [1.54, 1.807) is 21.6 Å². The van der Waals surface area contributed by atoms with E-state index < -0.39 is 0 Å². The molecule has 0 nitrogen and oxygen atoms in total. The Labute approximate surface area is 138 Å². The fourth-order valence-electron chi connectivity index (χ4n) is 1.80. The van der Waals surface area contributed by atoms with Crippen LogP contribution in [0.5, 0.6) is 0 Å². The summed E-state index contributed by atoms with van der Waals surface area (Å²) in [5.74, 6) is 0. The van der Waals surface area contributed by atoms with Gasteiger partial charge in [0.15, 0.2) is 0 Å². The molecule has 0 aromatic heterocycles. The molecule has 20 heavy (non-hydrogen) atoms. The largest absolute Gasteiger partial charge is 0.0840 e. The van der Waals surface area contributed by atoms with Crippen LogP contribution in [0.1, 0.15) is 22.3 Å². The summed E-state index contributed by atoms with van der Waals surface area (Å²) in [6, 6.07) is 8.10. The highest BCUT2D eigenvalue weighted by Gasteiger charge is 2.09. The first-order valence-electron chi connectivity index (χ1n) is 6.27. The summed E-state index contributed by atoms with van der Waals surface area (Å²) >= 11 is 12.3. The molecule has 0 spiro atoms. The van der Waals surface area contributed by atoms with Gasteiger partial charge >= 0.3 is 0 Å². The van der Waals surface area contributed by atoms with Crippen molar-refractivity contribution < 1.29 is 0 Å². The third-order valence-corrected chi connectivity index (χ3v) is 7.04. The molecule has 2 aromatic rings. The minimum atomic E-state index is 0.829. The van der Waals surface area contributed by atoms with Crippen molar-refractivity contribution >= 4 is 44.8 Å². The molecule has 2 rings (SSSR count). The van der Waals surface area contributed by atoms with E-state index in [4.69, 9.17) is 23.2 Å². The molecule has 0 fully saturated rings. The van der Waals surface area contributed by atoms with Crippen LogP contribution < -0.4 is 0 Å². The molecule has 0 bridgehead atoms. The summed E-state index contributed by atoms with van der Waals surface area (Å²) in [6.45, 7) is 8.35. The third kappa shape index (κ3) is 3.30. The molecule has 0 radical (unpaired) electrons. The maximum absolute atomic E-state index is 6.14. The standard InChI is InChI=1S/C16H16Cl2S2/c1-9-11(3)15(7-5-13(9)17)19-20-16-8-6-14(18)10(2)12(16)4/h5-8H,1-4H3. The quantitative estimate of drug-likeness (QED) is 0.549. The molecular weight excluding hydrogens is 327 g/mol. The van der Waals surface area contributed by atoms with Crippen LogP contribution >= 0.6 is 44.8 Å². The Hall–Kier alpha value is -0.280. The zero-order chi connectivity index (χ0) is 14.9. The van der Waals surface area contributed by atoms with E-state index in [0.29, 0.717) is 0 Å². The Kier molecular flexibility index (Phi) is 5.36. The average molecular weight is 343 g/mol. The fraction of sp³-hybridized carbons (Fsp3) is 0.250. The molecule has 4 heteroatoms. The van der Waals surface area contributed by atoms with E-state index >= 15 is 0 Å². The maximum atomic E-state index is 6.14. The third-order valence-electron chi connectivity index (χ3n) is 3.56. The lowest BCUT2D eigenvalue weighted by molar-refractivity contribution is 1.23. The van der Waals surface area contributed by atoms with E-state index in [2.05, 4.69) is 39.8 Å². The maximum Gasteiger partial charge on any atom is 0.0438 e. The minimum Gasteiger partial charge on any atom is -0.0840 e. The van der Waals surface area contributed by atoms with Crippen LogP contribution in [0.3, 0.4) is 0 Å². The first-order valence-corrected chi connectivity index (χ1v) is 9.18.